The van der Waals surface area contributed by atoms with E-state index >= 15 is 0 Å². The molecule has 17 heavy (non-hydrogen) atoms. The van der Waals surface area contributed by atoms with Crippen molar-refractivity contribution in [2.75, 3.05) is 5.32 Å². The molecule has 0 aliphatic heterocycles. The van der Waals surface area contributed by atoms with E-state index in [1.54, 1.807) is 0 Å². The second-order valence-electron chi connectivity index (χ2n) is 5.60. The van der Waals surface area contributed by atoms with Crippen molar-refractivity contribution in [2.24, 2.45) is 0 Å². The highest BCUT2D eigenvalue weighted by atomic mass is 32.1. The first-order chi connectivity index (χ1) is 7.69. The summed E-state index contributed by atoms with van der Waals surface area (Å²) >= 11 is 5.31. The van der Waals surface area contributed by atoms with Crippen LogP contribution in [0, 0.1) is 20.8 Å². The van der Waals surface area contributed by atoms with E-state index in [9.17, 15) is 0 Å². The quantitative estimate of drug-likeness (QED) is 0.743. The molecule has 0 saturated heterocycles. The topological polar surface area (TPSA) is 24.1 Å². The number of hydrogen-bond donors (Lipinski definition) is 2. The lowest BCUT2D eigenvalue weighted by Gasteiger charge is -2.24. The molecule has 0 unspecified atom stereocenters. The second kappa shape index (κ2) is 5.05. The molecule has 0 amide bonds. The summed E-state index contributed by atoms with van der Waals surface area (Å²) in [5.74, 6) is 0. The van der Waals surface area contributed by atoms with Crippen LogP contribution in [-0.4, -0.2) is 10.7 Å². The van der Waals surface area contributed by atoms with Crippen molar-refractivity contribution >= 4 is 23.0 Å². The SMILES string of the molecule is Cc1cc(C)c(NC(=S)NC(C)(C)C)c(C)c1. The van der Waals surface area contributed by atoms with Crippen LogP contribution in [-0.2, 0) is 0 Å². The second-order valence-corrected chi connectivity index (χ2v) is 6.01. The molecule has 0 aliphatic carbocycles. The van der Waals surface area contributed by atoms with Crippen LogP contribution in [0.3, 0.4) is 0 Å². The predicted octanol–water partition coefficient (Wildman–Crippen LogP) is 3.70. The van der Waals surface area contributed by atoms with Gasteiger partial charge < -0.3 is 10.6 Å². The van der Waals surface area contributed by atoms with Crippen LogP contribution in [0.5, 0.6) is 0 Å². The summed E-state index contributed by atoms with van der Waals surface area (Å²) in [6.45, 7) is 12.6. The molecule has 2 N–H and O–H groups in total. The average molecular weight is 250 g/mol. The van der Waals surface area contributed by atoms with Gasteiger partial charge in [-0.3, -0.25) is 0 Å². The normalized spacial score (nSPS) is 11.2. The Bertz CT molecular complexity index is 407. The Labute approximate surface area is 110 Å². The van der Waals surface area contributed by atoms with Gasteiger partial charge in [-0.2, -0.15) is 0 Å². The fourth-order valence-electron chi connectivity index (χ4n) is 1.86. The van der Waals surface area contributed by atoms with Crippen LogP contribution < -0.4 is 10.6 Å². The molecule has 3 heteroatoms. The standard InChI is InChI=1S/C14H22N2S/c1-9-7-10(2)12(11(3)8-9)15-13(17)16-14(4,5)6/h7-8H,1-6H3,(H2,15,16,17). The molecule has 0 spiro atoms. The maximum absolute atomic E-state index is 5.31. The summed E-state index contributed by atoms with van der Waals surface area (Å²) in [4.78, 5) is 0. The van der Waals surface area contributed by atoms with Crippen LogP contribution in [0.25, 0.3) is 0 Å². The van der Waals surface area contributed by atoms with Gasteiger partial charge in [0.1, 0.15) is 0 Å². The van der Waals surface area contributed by atoms with Crippen LogP contribution in [0.2, 0.25) is 0 Å². The van der Waals surface area contributed by atoms with Crippen LogP contribution in [0.15, 0.2) is 12.1 Å². The zero-order chi connectivity index (χ0) is 13.2. The Hall–Kier alpha value is -1.09. The lowest BCUT2D eigenvalue weighted by molar-refractivity contribution is 0.515. The molecule has 1 aromatic carbocycles. The van der Waals surface area contributed by atoms with Crippen molar-refractivity contribution in [3.8, 4) is 0 Å². The molecule has 0 aliphatic rings. The summed E-state index contributed by atoms with van der Waals surface area (Å²) in [7, 11) is 0. The van der Waals surface area contributed by atoms with Gasteiger partial charge in [0.25, 0.3) is 0 Å². The van der Waals surface area contributed by atoms with Crippen LogP contribution >= 0.6 is 12.2 Å². The minimum absolute atomic E-state index is 0.0173. The molecule has 0 aromatic heterocycles. The van der Waals surface area contributed by atoms with Gasteiger partial charge in [0.15, 0.2) is 5.11 Å². The van der Waals surface area contributed by atoms with Gasteiger partial charge in [0.2, 0.25) is 0 Å². The molecule has 0 saturated carbocycles. The molecule has 94 valence electrons. The Morgan fingerprint density at radius 3 is 1.94 bits per heavy atom. The first-order valence-corrected chi connectivity index (χ1v) is 6.27. The summed E-state index contributed by atoms with van der Waals surface area (Å²) < 4.78 is 0. The average Bonchev–Trinajstić information content (AvgIpc) is 2.08. The van der Waals surface area contributed by atoms with E-state index in [-0.39, 0.29) is 5.54 Å². The molecule has 0 radical (unpaired) electrons. The number of anilines is 1. The molecule has 1 rings (SSSR count). The Morgan fingerprint density at radius 2 is 1.53 bits per heavy atom. The summed E-state index contributed by atoms with van der Waals surface area (Å²) in [6.07, 6.45) is 0. The highest BCUT2D eigenvalue weighted by molar-refractivity contribution is 7.80. The zero-order valence-electron chi connectivity index (χ0n) is 11.6. The molecule has 1 aromatic rings. The summed E-state index contributed by atoms with van der Waals surface area (Å²) in [5.41, 5.74) is 4.81. The molecule has 0 bridgehead atoms. The fraction of sp³-hybridized carbons (Fsp3) is 0.500. The van der Waals surface area contributed by atoms with E-state index in [1.165, 1.54) is 16.7 Å². The number of hydrogen-bond acceptors (Lipinski definition) is 1. The zero-order valence-corrected chi connectivity index (χ0v) is 12.4. The first kappa shape index (κ1) is 14.0. The first-order valence-electron chi connectivity index (χ1n) is 5.86. The third-order valence-electron chi connectivity index (χ3n) is 2.40. The van der Waals surface area contributed by atoms with Crippen molar-refractivity contribution in [2.45, 2.75) is 47.1 Å². The smallest absolute Gasteiger partial charge is 0.171 e. The van der Waals surface area contributed by atoms with Crippen LogP contribution in [0.1, 0.15) is 37.5 Å². The maximum Gasteiger partial charge on any atom is 0.171 e. The summed E-state index contributed by atoms with van der Waals surface area (Å²) in [5, 5.41) is 7.21. The van der Waals surface area contributed by atoms with Gasteiger partial charge in [-0.15, -0.1) is 0 Å². The predicted molar refractivity (Wildman–Crippen MR) is 79.8 cm³/mol. The lowest BCUT2D eigenvalue weighted by atomic mass is 10.1. The van der Waals surface area contributed by atoms with E-state index < -0.39 is 0 Å². The summed E-state index contributed by atoms with van der Waals surface area (Å²) in [6, 6.07) is 4.32. The lowest BCUT2D eigenvalue weighted by Crippen LogP contribution is -2.43. The van der Waals surface area contributed by atoms with Gasteiger partial charge in [-0.25, -0.2) is 0 Å². The number of thiocarbonyl (C=S) groups is 1. The number of rotatable bonds is 1. The monoisotopic (exact) mass is 250 g/mol. The largest absolute Gasteiger partial charge is 0.358 e. The molecular formula is C14H22N2S. The van der Waals surface area contributed by atoms with E-state index in [1.807, 2.05) is 0 Å². The highest BCUT2D eigenvalue weighted by Gasteiger charge is 2.12. The number of nitrogens with one attached hydrogen (secondary N) is 2. The van der Waals surface area contributed by atoms with Crippen molar-refractivity contribution in [3.63, 3.8) is 0 Å². The number of benzene rings is 1. The molecule has 2 nitrogen and oxygen atoms in total. The maximum atomic E-state index is 5.31. The van der Waals surface area contributed by atoms with E-state index in [2.05, 4.69) is 64.3 Å². The van der Waals surface area contributed by atoms with Gasteiger partial charge in [-0.1, -0.05) is 17.7 Å². The van der Waals surface area contributed by atoms with Gasteiger partial charge >= 0.3 is 0 Å². The van der Waals surface area contributed by atoms with E-state index in [4.69, 9.17) is 12.2 Å². The Kier molecular flexibility index (Phi) is 4.15. The van der Waals surface area contributed by atoms with Crippen molar-refractivity contribution < 1.29 is 0 Å². The van der Waals surface area contributed by atoms with Crippen molar-refractivity contribution in [3.05, 3.63) is 28.8 Å². The minimum atomic E-state index is -0.0173. The molecule has 0 atom stereocenters. The van der Waals surface area contributed by atoms with E-state index in [0.717, 1.165) is 5.69 Å². The van der Waals surface area contributed by atoms with Crippen LogP contribution in [0.4, 0.5) is 5.69 Å². The highest BCUT2D eigenvalue weighted by Crippen LogP contribution is 2.21. The van der Waals surface area contributed by atoms with Gasteiger partial charge in [0.05, 0.1) is 0 Å². The molecule has 0 fully saturated rings. The van der Waals surface area contributed by atoms with Crippen molar-refractivity contribution in [1.82, 2.24) is 5.32 Å². The third kappa shape index (κ3) is 4.35. The molecular weight excluding hydrogens is 228 g/mol. The molecule has 0 heterocycles. The number of aryl methyl sites for hydroxylation is 3. The van der Waals surface area contributed by atoms with Crippen molar-refractivity contribution in [1.29, 1.82) is 0 Å². The Morgan fingerprint density at radius 1 is 1.06 bits per heavy atom. The third-order valence-corrected chi connectivity index (χ3v) is 2.61. The van der Waals surface area contributed by atoms with Gasteiger partial charge in [-0.05, 0) is 64.9 Å². The van der Waals surface area contributed by atoms with E-state index in [0.29, 0.717) is 5.11 Å². The minimum Gasteiger partial charge on any atom is -0.358 e. The Balaban J connectivity index is 2.86. The fourth-order valence-corrected chi connectivity index (χ4v) is 2.27. The van der Waals surface area contributed by atoms with Gasteiger partial charge in [0, 0.05) is 11.2 Å².